The fourth-order valence-electron chi connectivity index (χ4n) is 2.09. The number of likely N-dealkylation sites (N-methyl/N-ethyl adjacent to an activating group) is 1. The standard InChI is InChI=1S/C14H14N4O2S/c1-17(7-8-18-6-2-5-15-18)13(19)10-3-4-11-12(9-10)20-14(21)16-11/h2-6,9H,7-8H2,1H3,(H,16,21). The summed E-state index contributed by atoms with van der Waals surface area (Å²) in [5.74, 6) is -0.0635. The molecule has 0 saturated heterocycles. The van der Waals surface area contributed by atoms with Crippen molar-refractivity contribution in [2.45, 2.75) is 6.54 Å². The molecule has 0 bridgehead atoms. The molecular weight excluding hydrogens is 288 g/mol. The van der Waals surface area contributed by atoms with Gasteiger partial charge >= 0.3 is 0 Å². The van der Waals surface area contributed by atoms with Crippen LogP contribution in [0.15, 0.2) is 41.1 Å². The SMILES string of the molecule is CN(CCn1cccn1)C(=O)c1ccc2[nH]c(=S)oc2c1. The highest BCUT2D eigenvalue weighted by molar-refractivity contribution is 7.71. The quantitative estimate of drug-likeness (QED) is 0.752. The van der Waals surface area contributed by atoms with E-state index in [1.165, 1.54) is 0 Å². The van der Waals surface area contributed by atoms with Crippen LogP contribution < -0.4 is 0 Å². The number of carbonyl (C=O) groups is 1. The van der Waals surface area contributed by atoms with E-state index in [0.29, 0.717) is 29.1 Å². The Hall–Kier alpha value is -2.41. The zero-order chi connectivity index (χ0) is 14.8. The third kappa shape index (κ3) is 2.87. The summed E-state index contributed by atoms with van der Waals surface area (Å²) < 4.78 is 7.12. The second kappa shape index (κ2) is 5.53. The first-order valence-electron chi connectivity index (χ1n) is 6.49. The van der Waals surface area contributed by atoms with Crippen LogP contribution in [0.4, 0.5) is 0 Å². The maximum absolute atomic E-state index is 12.4. The fraction of sp³-hybridized carbons (Fsp3) is 0.214. The smallest absolute Gasteiger partial charge is 0.266 e. The van der Waals surface area contributed by atoms with Crippen LogP contribution in [0, 0.1) is 4.84 Å². The number of fused-ring (bicyclic) bond motifs is 1. The number of aromatic amines is 1. The number of H-pyrrole nitrogens is 1. The van der Waals surface area contributed by atoms with Crippen molar-refractivity contribution in [2.24, 2.45) is 0 Å². The molecule has 1 N–H and O–H groups in total. The van der Waals surface area contributed by atoms with E-state index in [1.807, 2.05) is 12.3 Å². The summed E-state index contributed by atoms with van der Waals surface area (Å²) >= 11 is 4.93. The number of rotatable bonds is 4. The van der Waals surface area contributed by atoms with Crippen molar-refractivity contribution in [3.63, 3.8) is 0 Å². The summed E-state index contributed by atoms with van der Waals surface area (Å²) in [5, 5.41) is 4.11. The normalized spacial score (nSPS) is 10.9. The van der Waals surface area contributed by atoms with E-state index in [2.05, 4.69) is 10.1 Å². The molecule has 0 fully saturated rings. The maximum atomic E-state index is 12.4. The molecule has 1 aromatic carbocycles. The van der Waals surface area contributed by atoms with Crippen LogP contribution in [-0.4, -0.2) is 39.2 Å². The van der Waals surface area contributed by atoms with Gasteiger partial charge in [0.15, 0.2) is 5.58 Å². The highest BCUT2D eigenvalue weighted by atomic mass is 32.1. The van der Waals surface area contributed by atoms with Gasteiger partial charge in [-0.05, 0) is 36.5 Å². The van der Waals surface area contributed by atoms with Gasteiger partial charge in [0, 0.05) is 31.5 Å². The van der Waals surface area contributed by atoms with Crippen molar-refractivity contribution in [3.8, 4) is 0 Å². The molecular formula is C14H14N4O2S. The molecule has 0 aliphatic carbocycles. The summed E-state index contributed by atoms with van der Waals surface area (Å²) in [6, 6.07) is 7.11. The molecule has 108 valence electrons. The Morgan fingerprint density at radius 1 is 1.52 bits per heavy atom. The molecule has 0 aliphatic rings. The lowest BCUT2D eigenvalue weighted by molar-refractivity contribution is 0.0789. The van der Waals surface area contributed by atoms with Gasteiger partial charge in [-0.2, -0.15) is 5.10 Å². The van der Waals surface area contributed by atoms with Crippen LogP contribution in [0.3, 0.4) is 0 Å². The van der Waals surface area contributed by atoms with Gasteiger partial charge in [0.05, 0.1) is 12.1 Å². The van der Waals surface area contributed by atoms with E-state index in [4.69, 9.17) is 16.6 Å². The van der Waals surface area contributed by atoms with Gasteiger partial charge in [0.2, 0.25) is 0 Å². The van der Waals surface area contributed by atoms with Crippen molar-refractivity contribution >= 4 is 29.2 Å². The molecule has 0 radical (unpaired) electrons. The number of aromatic nitrogens is 3. The van der Waals surface area contributed by atoms with Crippen molar-refractivity contribution in [1.29, 1.82) is 0 Å². The molecule has 0 atom stereocenters. The van der Waals surface area contributed by atoms with Crippen LogP contribution in [0.5, 0.6) is 0 Å². The minimum absolute atomic E-state index is 0.0635. The van der Waals surface area contributed by atoms with Crippen molar-refractivity contribution in [1.82, 2.24) is 19.7 Å². The molecule has 6 nitrogen and oxygen atoms in total. The van der Waals surface area contributed by atoms with E-state index >= 15 is 0 Å². The average molecular weight is 302 g/mol. The molecule has 7 heteroatoms. The van der Waals surface area contributed by atoms with Crippen molar-refractivity contribution < 1.29 is 9.21 Å². The van der Waals surface area contributed by atoms with Gasteiger partial charge in [-0.3, -0.25) is 9.48 Å². The number of benzene rings is 1. The Balaban J connectivity index is 1.74. The van der Waals surface area contributed by atoms with Gasteiger partial charge in [0.1, 0.15) is 0 Å². The molecule has 2 heterocycles. The highest BCUT2D eigenvalue weighted by Crippen LogP contribution is 2.16. The number of hydrogen-bond acceptors (Lipinski definition) is 4. The van der Waals surface area contributed by atoms with Crippen LogP contribution in [0.1, 0.15) is 10.4 Å². The monoisotopic (exact) mass is 302 g/mol. The third-order valence-corrected chi connectivity index (χ3v) is 3.42. The first-order valence-corrected chi connectivity index (χ1v) is 6.90. The lowest BCUT2D eigenvalue weighted by Gasteiger charge is -2.17. The van der Waals surface area contributed by atoms with Gasteiger partial charge in [0.25, 0.3) is 10.7 Å². The summed E-state index contributed by atoms with van der Waals surface area (Å²) in [6.45, 7) is 1.23. The van der Waals surface area contributed by atoms with Crippen molar-refractivity contribution in [3.05, 3.63) is 47.1 Å². The lowest BCUT2D eigenvalue weighted by Crippen LogP contribution is -2.30. The van der Waals surface area contributed by atoms with E-state index in [9.17, 15) is 4.79 Å². The van der Waals surface area contributed by atoms with E-state index in [0.717, 1.165) is 5.52 Å². The second-order valence-corrected chi connectivity index (χ2v) is 5.09. The zero-order valence-corrected chi connectivity index (χ0v) is 12.3. The number of hydrogen-bond donors (Lipinski definition) is 1. The number of nitrogens with zero attached hydrogens (tertiary/aromatic N) is 3. The molecule has 0 aliphatic heterocycles. The van der Waals surface area contributed by atoms with Crippen LogP contribution in [0.2, 0.25) is 0 Å². The number of amides is 1. The number of nitrogens with one attached hydrogen (secondary N) is 1. The predicted octanol–water partition coefficient (Wildman–Crippen LogP) is 2.46. The lowest BCUT2D eigenvalue weighted by atomic mass is 10.2. The van der Waals surface area contributed by atoms with Gasteiger partial charge in [-0.1, -0.05) is 0 Å². The van der Waals surface area contributed by atoms with E-state index in [1.54, 1.807) is 41.0 Å². The van der Waals surface area contributed by atoms with Gasteiger partial charge in [-0.15, -0.1) is 0 Å². The Bertz CT molecular complexity index is 819. The summed E-state index contributed by atoms with van der Waals surface area (Å²) in [5.41, 5.74) is 1.95. The molecule has 3 rings (SSSR count). The topological polar surface area (TPSA) is 67.1 Å². The predicted molar refractivity (Wildman–Crippen MR) is 80.6 cm³/mol. The molecule has 3 aromatic rings. The van der Waals surface area contributed by atoms with Crippen molar-refractivity contribution in [2.75, 3.05) is 13.6 Å². The first-order chi connectivity index (χ1) is 10.1. The van der Waals surface area contributed by atoms with E-state index in [-0.39, 0.29) is 5.91 Å². The Morgan fingerprint density at radius 3 is 3.14 bits per heavy atom. The Morgan fingerprint density at radius 2 is 2.38 bits per heavy atom. The van der Waals surface area contributed by atoms with Crippen LogP contribution in [-0.2, 0) is 6.54 Å². The molecule has 0 unspecified atom stereocenters. The van der Waals surface area contributed by atoms with E-state index < -0.39 is 0 Å². The van der Waals surface area contributed by atoms with Gasteiger partial charge < -0.3 is 14.3 Å². The Kier molecular flexibility index (Phi) is 3.57. The molecule has 21 heavy (non-hydrogen) atoms. The molecule has 1 amide bonds. The maximum Gasteiger partial charge on any atom is 0.266 e. The molecule has 2 aromatic heterocycles. The fourth-order valence-corrected chi connectivity index (χ4v) is 2.29. The first kappa shape index (κ1) is 13.6. The van der Waals surface area contributed by atoms with Crippen LogP contribution >= 0.6 is 12.2 Å². The highest BCUT2D eigenvalue weighted by Gasteiger charge is 2.13. The minimum Gasteiger partial charge on any atom is -0.429 e. The summed E-state index contributed by atoms with van der Waals surface area (Å²) in [4.78, 5) is 17.2. The summed E-state index contributed by atoms with van der Waals surface area (Å²) in [6.07, 6.45) is 3.59. The second-order valence-electron chi connectivity index (χ2n) is 4.72. The summed E-state index contributed by atoms with van der Waals surface area (Å²) in [7, 11) is 1.77. The zero-order valence-electron chi connectivity index (χ0n) is 11.4. The Labute approximate surface area is 126 Å². The largest absolute Gasteiger partial charge is 0.429 e. The third-order valence-electron chi connectivity index (χ3n) is 3.24. The van der Waals surface area contributed by atoms with Gasteiger partial charge in [-0.25, -0.2) is 0 Å². The number of carbonyl (C=O) groups excluding carboxylic acids is 1. The van der Waals surface area contributed by atoms with Crippen LogP contribution in [0.25, 0.3) is 11.1 Å². The average Bonchev–Trinajstić information content (AvgIpc) is 3.10. The minimum atomic E-state index is -0.0635. The number of oxazole rings is 1. The molecule has 0 spiro atoms. The molecule has 0 saturated carbocycles.